The zero-order valence-electron chi connectivity index (χ0n) is 14.6. The molecule has 0 spiro atoms. The van der Waals surface area contributed by atoms with E-state index in [4.69, 9.17) is 4.74 Å². The van der Waals surface area contributed by atoms with Crippen LogP contribution in [0.1, 0.15) is 18.5 Å². The molecule has 0 saturated heterocycles. The maximum atomic E-state index is 13.5. The highest BCUT2D eigenvalue weighted by molar-refractivity contribution is 7.89. The first kappa shape index (κ1) is 19.4. The topological polar surface area (TPSA) is 58.6 Å². The van der Waals surface area contributed by atoms with Crippen molar-refractivity contribution in [2.45, 2.75) is 17.9 Å². The Balaban J connectivity index is 2.13. The van der Waals surface area contributed by atoms with Crippen LogP contribution in [0, 0.1) is 5.82 Å². The monoisotopic (exact) mass is 366 g/mol. The summed E-state index contributed by atoms with van der Waals surface area (Å²) >= 11 is 0. The average Bonchev–Trinajstić information content (AvgIpc) is 2.55. The molecular weight excluding hydrogens is 343 g/mol. The molecule has 2 rings (SSSR count). The van der Waals surface area contributed by atoms with Gasteiger partial charge >= 0.3 is 0 Å². The first-order valence-corrected chi connectivity index (χ1v) is 9.46. The van der Waals surface area contributed by atoms with Crippen molar-refractivity contribution in [1.82, 2.24) is 9.62 Å². The number of benzene rings is 2. The van der Waals surface area contributed by atoms with Gasteiger partial charge in [0.2, 0.25) is 10.0 Å². The molecule has 5 nitrogen and oxygen atoms in total. The molecule has 0 aliphatic heterocycles. The third kappa shape index (κ3) is 5.26. The van der Waals surface area contributed by atoms with E-state index in [1.54, 1.807) is 24.3 Å². The number of rotatable bonds is 8. The van der Waals surface area contributed by atoms with Gasteiger partial charge in [-0.25, -0.2) is 17.5 Å². The number of hydrogen-bond acceptors (Lipinski definition) is 4. The van der Waals surface area contributed by atoms with Crippen LogP contribution in [-0.2, 0) is 10.0 Å². The fourth-order valence-corrected chi connectivity index (χ4v) is 3.50. The van der Waals surface area contributed by atoms with E-state index in [0.717, 1.165) is 0 Å². The summed E-state index contributed by atoms with van der Waals surface area (Å²) in [5, 5.41) is 0. The molecule has 0 heterocycles. The molecule has 1 atom stereocenters. The Labute approximate surface area is 148 Å². The Morgan fingerprint density at radius 2 is 1.84 bits per heavy atom. The highest BCUT2D eigenvalue weighted by Gasteiger charge is 2.20. The maximum absolute atomic E-state index is 13.5. The van der Waals surface area contributed by atoms with E-state index < -0.39 is 10.0 Å². The highest BCUT2D eigenvalue weighted by atomic mass is 32.2. The van der Waals surface area contributed by atoms with Gasteiger partial charge < -0.3 is 9.64 Å². The number of ether oxygens (including phenoxy) is 1. The van der Waals surface area contributed by atoms with Gasteiger partial charge in [0, 0.05) is 12.6 Å². The molecule has 0 saturated carbocycles. The van der Waals surface area contributed by atoms with Gasteiger partial charge in [0.15, 0.2) is 0 Å². The van der Waals surface area contributed by atoms with Crippen LogP contribution < -0.4 is 9.46 Å². The summed E-state index contributed by atoms with van der Waals surface area (Å²) in [6.45, 7) is 2.51. The van der Waals surface area contributed by atoms with Gasteiger partial charge in [-0.1, -0.05) is 12.1 Å². The molecule has 0 aliphatic rings. The smallest absolute Gasteiger partial charge is 0.240 e. The molecular formula is C18H23FN2O3S. The second-order valence-electron chi connectivity index (χ2n) is 5.79. The van der Waals surface area contributed by atoms with E-state index in [1.807, 2.05) is 25.9 Å². The third-order valence-electron chi connectivity index (χ3n) is 3.77. The second-order valence-corrected chi connectivity index (χ2v) is 7.56. The fraction of sp³-hybridized carbons (Fsp3) is 0.333. The van der Waals surface area contributed by atoms with Crippen molar-refractivity contribution in [2.75, 3.05) is 27.2 Å². The molecule has 2 aromatic carbocycles. The number of nitrogens with zero attached hydrogens (tertiary/aromatic N) is 1. The van der Waals surface area contributed by atoms with E-state index in [2.05, 4.69) is 4.72 Å². The molecule has 0 aliphatic carbocycles. The van der Waals surface area contributed by atoms with Gasteiger partial charge in [-0.2, -0.15) is 0 Å². The minimum absolute atomic E-state index is 0.131. The van der Waals surface area contributed by atoms with Crippen molar-refractivity contribution in [3.8, 4) is 5.75 Å². The van der Waals surface area contributed by atoms with Crippen molar-refractivity contribution >= 4 is 10.0 Å². The van der Waals surface area contributed by atoms with Crippen LogP contribution >= 0.6 is 0 Å². The molecule has 7 heteroatoms. The number of nitrogens with one attached hydrogen (secondary N) is 1. The zero-order chi connectivity index (χ0) is 18.4. The molecule has 25 heavy (non-hydrogen) atoms. The predicted octanol–water partition coefficient (Wildman–Crippen LogP) is 2.81. The predicted molar refractivity (Wildman–Crippen MR) is 95.6 cm³/mol. The van der Waals surface area contributed by atoms with E-state index >= 15 is 0 Å². The number of halogens is 1. The van der Waals surface area contributed by atoms with Crippen molar-refractivity contribution in [1.29, 1.82) is 0 Å². The largest absolute Gasteiger partial charge is 0.494 e. The van der Waals surface area contributed by atoms with E-state index in [1.165, 1.54) is 24.3 Å². The molecule has 1 N–H and O–H groups in total. The molecule has 2 aromatic rings. The van der Waals surface area contributed by atoms with Crippen molar-refractivity contribution < 1.29 is 17.5 Å². The van der Waals surface area contributed by atoms with Crippen molar-refractivity contribution in [2.24, 2.45) is 0 Å². The highest BCUT2D eigenvalue weighted by Crippen LogP contribution is 2.20. The quantitative estimate of drug-likeness (QED) is 0.780. The molecule has 0 aromatic heterocycles. The van der Waals surface area contributed by atoms with Crippen molar-refractivity contribution in [3.63, 3.8) is 0 Å². The first-order chi connectivity index (χ1) is 11.8. The molecule has 0 radical (unpaired) electrons. The molecule has 0 fully saturated rings. The van der Waals surface area contributed by atoms with Crippen molar-refractivity contribution in [3.05, 3.63) is 59.9 Å². The normalized spacial score (nSPS) is 13.0. The lowest BCUT2D eigenvalue weighted by atomic mass is 10.1. The van der Waals surface area contributed by atoms with Crippen LogP contribution in [0.4, 0.5) is 4.39 Å². The minimum Gasteiger partial charge on any atom is -0.494 e. The summed E-state index contributed by atoms with van der Waals surface area (Å²) in [4.78, 5) is 2.00. The van der Waals surface area contributed by atoms with E-state index in [-0.39, 0.29) is 23.3 Å². The van der Waals surface area contributed by atoms with Gasteiger partial charge in [-0.15, -0.1) is 0 Å². The summed E-state index contributed by atoms with van der Waals surface area (Å²) in [7, 11) is -0.0243. The number of sulfonamides is 1. The van der Waals surface area contributed by atoms with Crippen LogP contribution in [0.15, 0.2) is 53.4 Å². The standard InChI is InChI=1S/C18H23FN2O3S/c1-4-24-16-8-10-17(11-9-16)25(22,23)20-13-18(21(2)3)14-6-5-7-15(19)12-14/h5-12,18,20H,4,13H2,1-3H3/t18-/m1/s1. The summed E-state index contributed by atoms with van der Waals surface area (Å²) in [6, 6.07) is 12.1. The number of likely N-dealkylation sites (N-methyl/N-ethyl adjacent to an activating group) is 1. The lowest BCUT2D eigenvalue weighted by Gasteiger charge is -2.25. The Morgan fingerprint density at radius 1 is 1.16 bits per heavy atom. The summed E-state index contributed by atoms with van der Waals surface area (Å²) in [5.74, 6) is 0.270. The lowest BCUT2D eigenvalue weighted by molar-refractivity contribution is 0.299. The van der Waals surface area contributed by atoms with Crippen LogP contribution in [0.3, 0.4) is 0 Å². The SMILES string of the molecule is CCOc1ccc(S(=O)(=O)NC[C@H](c2cccc(F)c2)N(C)C)cc1. The molecule has 0 amide bonds. The summed E-state index contributed by atoms with van der Waals surface area (Å²) in [5.41, 5.74) is 0.708. The number of hydrogen-bond donors (Lipinski definition) is 1. The van der Waals surface area contributed by atoms with Crippen LogP contribution in [-0.4, -0.2) is 40.6 Å². The summed E-state index contributed by atoms with van der Waals surface area (Å²) < 4.78 is 46.3. The van der Waals surface area contributed by atoms with Crippen LogP contribution in [0.2, 0.25) is 0 Å². The Morgan fingerprint density at radius 3 is 2.40 bits per heavy atom. The third-order valence-corrected chi connectivity index (χ3v) is 5.21. The van der Waals surface area contributed by atoms with E-state index in [9.17, 15) is 12.8 Å². The first-order valence-electron chi connectivity index (χ1n) is 7.98. The average molecular weight is 366 g/mol. The Hall–Kier alpha value is -1.96. The van der Waals surface area contributed by atoms with Crippen LogP contribution in [0.5, 0.6) is 5.75 Å². The Kier molecular flexibility index (Phi) is 6.52. The van der Waals surface area contributed by atoms with Gasteiger partial charge in [-0.3, -0.25) is 0 Å². The lowest BCUT2D eigenvalue weighted by Crippen LogP contribution is -2.34. The maximum Gasteiger partial charge on any atom is 0.240 e. The minimum atomic E-state index is -3.66. The van der Waals surface area contributed by atoms with Gasteiger partial charge in [0.05, 0.1) is 11.5 Å². The summed E-state index contributed by atoms with van der Waals surface area (Å²) in [6.07, 6.45) is 0. The second kappa shape index (κ2) is 8.42. The molecule has 136 valence electrons. The van der Waals surface area contributed by atoms with Crippen LogP contribution in [0.25, 0.3) is 0 Å². The van der Waals surface area contributed by atoms with Gasteiger partial charge in [0.1, 0.15) is 11.6 Å². The Bertz CT molecular complexity index is 792. The zero-order valence-corrected chi connectivity index (χ0v) is 15.4. The molecule has 0 bridgehead atoms. The van der Waals surface area contributed by atoms with Gasteiger partial charge in [0.25, 0.3) is 0 Å². The molecule has 0 unspecified atom stereocenters. The van der Waals surface area contributed by atoms with E-state index in [0.29, 0.717) is 17.9 Å². The van der Waals surface area contributed by atoms with Gasteiger partial charge in [-0.05, 0) is 63.0 Å². The fourth-order valence-electron chi connectivity index (χ4n) is 2.47.